The number of esters is 1. The van der Waals surface area contributed by atoms with Gasteiger partial charge in [0, 0.05) is 4.90 Å². The van der Waals surface area contributed by atoms with Crippen LogP contribution >= 0.6 is 34.4 Å². The summed E-state index contributed by atoms with van der Waals surface area (Å²) in [6, 6.07) is 14.8. The number of hydrogen-bond acceptors (Lipinski definition) is 11. The Labute approximate surface area is 194 Å². The van der Waals surface area contributed by atoms with Crippen molar-refractivity contribution in [1.29, 1.82) is 0 Å². The largest absolute Gasteiger partial charge is 0.454 e. The fourth-order valence-electron chi connectivity index (χ4n) is 2.74. The lowest BCUT2D eigenvalue weighted by Gasteiger charge is -2.07. The highest BCUT2D eigenvalue weighted by atomic mass is 32.2. The van der Waals surface area contributed by atoms with Gasteiger partial charge in [-0.3, -0.25) is 0 Å². The molecule has 0 aliphatic rings. The molecule has 4 aromatic heterocycles. The molecule has 11 heteroatoms. The summed E-state index contributed by atoms with van der Waals surface area (Å²) in [5.74, 6) is 1.74. The fraction of sp³-hybridized carbons (Fsp3) is 0.0952. The average molecular weight is 483 g/mol. The number of benzene rings is 1. The van der Waals surface area contributed by atoms with Crippen molar-refractivity contribution in [3.05, 3.63) is 76.5 Å². The van der Waals surface area contributed by atoms with Crippen LogP contribution in [0.15, 0.2) is 73.2 Å². The molecule has 4 heterocycles. The highest BCUT2D eigenvalue weighted by Crippen LogP contribution is 2.28. The van der Waals surface area contributed by atoms with Crippen LogP contribution in [0.4, 0.5) is 0 Å². The van der Waals surface area contributed by atoms with E-state index in [1.165, 1.54) is 34.4 Å². The Morgan fingerprint density at radius 1 is 0.875 bits per heavy atom. The van der Waals surface area contributed by atoms with Gasteiger partial charge in [-0.2, -0.15) is 9.97 Å². The first-order valence-corrected chi connectivity index (χ1v) is 12.1. The van der Waals surface area contributed by atoms with Crippen molar-refractivity contribution < 1.29 is 18.6 Å². The Hall–Kier alpha value is -3.28. The molecule has 160 valence electrons. The Morgan fingerprint density at radius 2 is 1.53 bits per heavy atom. The topological polar surface area (TPSA) is 104 Å². The number of ether oxygens (including phenoxy) is 1. The van der Waals surface area contributed by atoms with E-state index >= 15 is 0 Å². The summed E-state index contributed by atoms with van der Waals surface area (Å²) >= 11 is 4.46. The van der Waals surface area contributed by atoms with Crippen LogP contribution in [-0.4, -0.2) is 26.3 Å². The predicted octanol–water partition coefficient (Wildman–Crippen LogP) is 5.56. The van der Waals surface area contributed by atoms with E-state index in [0.29, 0.717) is 34.7 Å². The molecule has 5 rings (SSSR count). The highest BCUT2D eigenvalue weighted by Gasteiger charge is 2.17. The standard InChI is InChI=1S/C21H14N4O4S3/c26-21(27-11-17-22-19(28-24-17)15-7-3-9-30-15)13-5-1-2-6-14(13)32-12-18-23-20(29-25-18)16-8-4-10-31-16/h1-10H,11-12H2. The molecule has 0 aliphatic carbocycles. The van der Waals surface area contributed by atoms with Crippen LogP contribution in [0.3, 0.4) is 0 Å². The molecule has 0 bridgehead atoms. The zero-order valence-electron chi connectivity index (χ0n) is 16.3. The number of rotatable bonds is 8. The van der Waals surface area contributed by atoms with E-state index < -0.39 is 5.97 Å². The monoisotopic (exact) mass is 482 g/mol. The zero-order valence-corrected chi connectivity index (χ0v) is 18.8. The minimum absolute atomic E-state index is 0.0816. The number of hydrogen-bond donors (Lipinski definition) is 0. The third-order valence-corrected chi connectivity index (χ3v) is 6.98. The lowest BCUT2D eigenvalue weighted by molar-refractivity contribution is 0.0455. The van der Waals surface area contributed by atoms with Crippen molar-refractivity contribution >= 4 is 40.4 Å². The molecule has 0 spiro atoms. The van der Waals surface area contributed by atoms with Gasteiger partial charge in [-0.1, -0.05) is 34.6 Å². The molecule has 32 heavy (non-hydrogen) atoms. The van der Waals surface area contributed by atoms with Crippen molar-refractivity contribution in [3.8, 4) is 21.5 Å². The zero-order chi connectivity index (χ0) is 21.8. The van der Waals surface area contributed by atoms with Crippen molar-refractivity contribution in [1.82, 2.24) is 20.3 Å². The number of nitrogens with zero attached hydrogens (tertiary/aromatic N) is 4. The molecule has 0 aliphatic heterocycles. The highest BCUT2D eigenvalue weighted by molar-refractivity contribution is 7.98. The van der Waals surface area contributed by atoms with Crippen molar-refractivity contribution in [2.24, 2.45) is 0 Å². The van der Waals surface area contributed by atoms with Crippen LogP contribution in [0.25, 0.3) is 21.5 Å². The summed E-state index contributed by atoms with van der Waals surface area (Å²) in [6.45, 7) is -0.0816. The number of carbonyl (C=O) groups is 1. The summed E-state index contributed by atoms with van der Waals surface area (Å²) in [5.41, 5.74) is 0.446. The molecule has 0 radical (unpaired) electrons. The maximum absolute atomic E-state index is 12.7. The Morgan fingerprint density at radius 3 is 2.22 bits per heavy atom. The summed E-state index contributed by atoms with van der Waals surface area (Å²) in [5, 5.41) is 11.8. The third kappa shape index (κ3) is 4.64. The molecule has 0 N–H and O–H groups in total. The first-order chi connectivity index (χ1) is 15.8. The van der Waals surface area contributed by atoms with Crippen LogP contribution in [0.5, 0.6) is 0 Å². The van der Waals surface area contributed by atoms with Gasteiger partial charge in [0.2, 0.25) is 5.82 Å². The molecule has 0 saturated carbocycles. The lowest BCUT2D eigenvalue weighted by atomic mass is 10.2. The molecule has 5 aromatic rings. The van der Waals surface area contributed by atoms with Crippen LogP contribution in [0, 0.1) is 0 Å². The van der Waals surface area contributed by atoms with Crippen LogP contribution in [0.2, 0.25) is 0 Å². The van der Waals surface area contributed by atoms with Crippen LogP contribution in [0.1, 0.15) is 22.0 Å². The third-order valence-electron chi connectivity index (χ3n) is 4.20. The van der Waals surface area contributed by atoms with E-state index in [-0.39, 0.29) is 6.61 Å². The van der Waals surface area contributed by atoms with E-state index in [0.717, 1.165) is 14.6 Å². The Balaban J connectivity index is 1.22. The number of thioether (sulfide) groups is 1. The van der Waals surface area contributed by atoms with Crippen molar-refractivity contribution in [2.45, 2.75) is 17.3 Å². The number of aromatic nitrogens is 4. The van der Waals surface area contributed by atoms with Gasteiger partial charge in [-0.05, 0) is 35.0 Å². The normalized spacial score (nSPS) is 11.0. The quantitative estimate of drug-likeness (QED) is 0.208. The van der Waals surface area contributed by atoms with Crippen molar-refractivity contribution in [2.75, 3.05) is 0 Å². The van der Waals surface area contributed by atoms with E-state index in [4.69, 9.17) is 13.8 Å². The summed E-state index contributed by atoms with van der Waals surface area (Å²) < 4.78 is 15.9. The Kier molecular flexibility index (Phi) is 6.10. The predicted molar refractivity (Wildman–Crippen MR) is 120 cm³/mol. The van der Waals surface area contributed by atoms with Crippen molar-refractivity contribution in [3.63, 3.8) is 0 Å². The fourth-order valence-corrected chi connectivity index (χ4v) is 4.91. The van der Waals surface area contributed by atoms with Gasteiger partial charge in [0.1, 0.15) is 0 Å². The molecule has 0 saturated heterocycles. The molecule has 0 fully saturated rings. The first kappa shape index (κ1) is 20.6. The molecule has 0 atom stereocenters. The number of thiophene rings is 2. The molecule has 8 nitrogen and oxygen atoms in total. The van der Waals surface area contributed by atoms with Gasteiger partial charge in [0.25, 0.3) is 11.8 Å². The smallest absolute Gasteiger partial charge is 0.339 e. The van der Waals surface area contributed by atoms with Gasteiger partial charge < -0.3 is 13.8 Å². The molecular weight excluding hydrogens is 468 g/mol. The number of carbonyl (C=O) groups excluding carboxylic acids is 1. The second kappa shape index (κ2) is 9.47. The maximum atomic E-state index is 12.7. The molecule has 0 unspecified atom stereocenters. The van der Waals surface area contributed by atoms with Crippen LogP contribution in [-0.2, 0) is 17.1 Å². The van der Waals surface area contributed by atoms with E-state index in [2.05, 4.69) is 20.3 Å². The second-order valence-electron chi connectivity index (χ2n) is 6.35. The van der Waals surface area contributed by atoms with E-state index in [1.54, 1.807) is 12.1 Å². The minimum atomic E-state index is -0.469. The maximum Gasteiger partial charge on any atom is 0.339 e. The van der Waals surface area contributed by atoms with Gasteiger partial charge in [0.15, 0.2) is 12.4 Å². The average Bonchev–Trinajstić information content (AvgIpc) is 3.63. The second-order valence-corrected chi connectivity index (χ2v) is 9.26. The van der Waals surface area contributed by atoms with Gasteiger partial charge in [0.05, 0.1) is 21.1 Å². The van der Waals surface area contributed by atoms with Crippen LogP contribution < -0.4 is 0 Å². The first-order valence-electron chi connectivity index (χ1n) is 9.38. The van der Waals surface area contributed by atoms with Gasteiger partial charge in [-0.25, -0.2) is 4.79 Å². The van der Waals surface area contributed by atoms with Gasteiger partial charge >= 0.3 is 5.97 Å². The molecular formula is C21H14N4O4S3. The van der Waals surface area contributed by atoms with Gasteiger partial charge in [-0.15, -0.1) is 34.4 Å². The summed E-state index contributed by atoms with van der Waals surface area (Å²) in [6.07, 6.45) is 0. The summed E-state index contributed by atoms with van der Waals surface area (Å²) in [7, 11) is 0. The minimum Gasteiger partial charge on any atom is -0.454 e. The SMILES string of the molecule is O=C(OCc1noc(-c2cccs2)n1)c1ccccc1SCc1noc(-c2cccs2)n1. The lowest BCUT2D eigenvalue weighted by Crippen LogP contribution is -2.07. The molecule has 1 aromatic carbocycles. The van der Waals surface area contributed by atoms with E-state index in [1.807, 2.05) is 47.2 Å². The Bertz CT molecular complexity index is 1310. The molecule has 0 amide bonds. The summed E-state index contributed by atoms with van der Waals surface area (Å²) in [4.78, 5) is 23.9. The van der Waals surface area contributed by atoms with E-state index in [9.17, 15) is 4.79 Å².